The van der Waals surface area contributed by atoms with Gasteiger partial charge in [0.2, 0.25) is 5.91 Å². The Morgan fingerprint density at radius 1 is 1.47 bits per heavy atom. The zero-order chi connectivity index (χ0) is 11.3. The van der Waals surface area contributed by atoms with Gasteiger partial charge in [0.15, 0.2) is 5.17 Å². The Labute approximate surface area is 93.8 Å². The predicted molar refractivity (Wildman–Crippen MR) is 62.9 cm³/mol. The van der Waals surface area contributed by atoms with Crippen LogP contribution in [-0.4, -0.2) is 11.1 Å². The van der Waals surface area contributed by atoms with Crippen molar-refractivity contribution in [2.75, 3.05) is 0 Å². The van der Waals surface area contributed by atoms with E-state index in [9.17, 15) is 4.79 Å². The lowest BCUT2D eigenvalue weighted by Crippen LogP contribution is -2.27. The Bertz CT molecular complexity index is 379. The van der Waals surface area contributed by atoms with Gasteiger partial charge < -0.3 is 11.1 Å². The quantitative estimate of drug-likeness (QED) is 0.345. The fraction of sp³-hybridized carbons (Fsp3) is 0.200. The second-order valence-corrected chi connectivity index (χ2v) is 3.54. The molecule has 0 unspecified atom stereocenters. The molecule has 4 nitrogen and oxygen atoms in total. The van der Waals surface area contributed by atoms with Gasteiger partial charge in [-0.15, -0.1) is 12.6 Å². The van der Waals surface area contributed by atoms with Crippen LogP contribution in [0, 0.1) is 5.41 Å². The second kappa shape index (κ2) is 5.53. The molecule has 0 aliphatic heterocycles. The summed E-state index contributed by atoms with van der Waals surface area (Å²) in [6.07, 6.45) is 0.233. The number of nitrogens with two attached hydrogens (primary N) is 1. The molecular weight excluding hydrogens is 210 g/mol. The number of amidine groups is 1. The topological polar surface area (TPSA) is 79.0 Å². The summed E-state index contributed by atoms with van der Waals surface area (Å²) in [7, 11) is 0. The molecule has 1 aromatic rings. The van der Waals surface area contributed by atoms with Crippen LogP contribution in [0.4, 0.5) is 0 Å². The van der Waals surface area contributed by atoms with Gasteiger partial charge >= 0.3 is 0 Å². The summed E-state index contributed by atoms with van der Waals surface area (Å²) in [6, 6.07) is 7.49. The minimum absolute atomic E-state index is 0.144. The number of rotatable bonds is 3. The van der Waals surface area contributed by atoms with Crippen LogP contribution in [0.15, 0.2) is 24.3 Å². The van der Waals surface area contributed by atoms with E-state index < -0.39 is 0 Å². The normalized spacial score (nSPS) is 9.73. The summed E-state index contributed by atoms with van der Waals surface area (Å²) in [5.74, 6) is -0.246. The molecule has 0 fully saturated rings. The van der Waals surface area contributed by atoms with E-state index in [0.29, 0.717) is 6.54 Å². The number of hydrogen-bond acceptors (Lipinski definition) is 3. The Morgan fingerprint density at radius 3 is 2.73 bits per heavy atom. The van der Waals surface area contributed by atoms with Crippen molar-refractivity contribution in [3.63, 3.8) is 0 Å². The smallest absolute Gasteiger partial charge is 0.230 e. The molecule has 4 N–H and O–H groups in total. The highest BCUT2D eigenvalue weighted by Crippen LogP contribution is 2.05. The standard InChI is InChI=1S/C10H13N3OS/c11-6-8-3-1-2-7(4-8)5-9(14)13-10(12)15/h1-4H,5-6,11H2,(H3,12,13,14,15). The van der Waals surface area contributed by atoms with Crippen molar-refractivity contribution in [2.24, 2.45) is 5.73 Å². The molecule has 0 radical (unpaired) electrons. The molecule has 0 saturated heterocycles. The lowest BCUT2D eigenvalue weighted by Gasteiger charge is -2.04. The first-order valence-electron chi connectivity index (χ1n) is 4.47. The van der Waals surface area contributed by atoms with Gasteiger partial charge in [0, 0.05) is 6.54 Å². The van der Waals surface area contributed by atoms with Crippen molar-refractivity contribution in [3.05, 3.63) is 35.4 Å². The molecule has 0 aliphatic carbocycles. The first kappa shape index (κ1) is 11.7. The molecule has 1 rings (SSSR count). The lowest BCUT2D eigenvalue weighted by atomic mass is 10.1. The first-order valence-corrected chi connectivity index (χ1v) is 4.92. The highest BCUT2D eigenvalue weighted by Gasteiger charge is 2.04. The number of nitrogens with one attached hydrogen (secondary N) is 2. The van der Waals surface area contributed by atoms with Crippen LogP contribution in [0.1, 0.15) is 11.1 Å². The molecule has 0 spiro atoms. The van der Waals surface area contributed by atoms with Gasteiger partial charge in [0.1, 0.15) is 0 Å². The Hall–Kier alpha value is -1.33. The average molecular weight is 223 g/mol. The van der Waals surface area contributed by atoms with Gasteiger partial charge in [-0.1, -0.05) is 24.3 Å². The van der Waals surface area contributed by atoms with E-state index in [2.05, 4.69) is 17.9 Å². The molecule has 1 amide bonds. The maximum atomic E-state index is 11.3. The molecule has 5 heteroatoms. The Morgan fingerprint density at radius 2 is 2.13 bits per heavy atom. The number of amides is 1. The van der Waals surface area contributed by atoms with E-state index in [0.717, 1.165) is 11.1 Å². The Balaban J connectivity index is 2.63. The molecule has 15 heavy (non-hydrogen) atoms. The predicted octanol–water partition coefficient (Wildman–Crippen LogP) is 0.669. The van der Waals surface area contributed by atoms with Crippen molar-refractivity contribution in [1.29, 1.82) is 5.41 Å². The van der Waals surface area contributed by atoms with Gasteiger partial charge in [-0.2, -0.15) is 0 Å². The molecule has 0 aromatic heterocycles. The SMILES string of the molecule is N=C(S)NC(=O)Cc1cccc(CN)c1. The van der Waals surface area contributed by atoms with Gasteiger partial charge in [0.05, 0.1) is 6.42 Å². The zero-order valence-corrected chi connectivity index (χ0v) is 9.05. The maximum absolute atomic E-state index is 11.3. The fourth-order valence-electron chi connectivity index (χ4n) is 1.23. The van der Waals surface area contributed by atoms with Crippen LogP contribution in [0.25, 0.3) is 0 Å². The third-order valence-corrected chi connectivity index (χ3v) is 1.96. The van der Waals surface area contributed by atoms with Crippen molar-refractivity contribution >= 4 is 23.7 Å². The molecule has 0 atom stereocenters. The van der Waals surface area contributed by atoms with E-state index >= 15 is 0 Å². The molecular formula is C10H13N3OS. The van der Waals surface area contributed by atoms with Crippen molar-refractivity contribution in [3.8, 4) is 0 Å². The summed E-state index contributed by atoms with van der Waals surface area (Å²) < 4.78 is 0. The molecule has 80 valence electrons. The maximum Gasteiger partial charge on any atom is 0.230 e. The zero-order valence-electron chi connectivity index (χ0n) is 8.16. The van der Waals surface area contributed by atoms with Gasteiger partial charge in [-0.25, -0.2) is 0 Å². The first-order chi connectivity index (χ1) is 7.11. The molecule has 1 aromatic carbocycles. The highest BCUT2D eigenvalue weighted by atomic mass is 32.1. The third kappa shape index (κ3) is 4.14. The van der Waals surface area contributed by atoms with Crippen LogP contribution >= 0.6 is 12.6 Å². The molecule has 0 saturated carbocycles. The summed E-state index contributed by atoms with van der Waals surface area (Å²) in [6.45, 7) is 0.456. The van der Waals surface area contributed by atoms with Gasteiger partial charge in [-0.05, 0) is 11.1 Å². The van der Waals surface area contributed by atoms with E-state index in [-0.39, 0.29) is 17.5 Å². The van der Waals surface area contributed by atoms with Gasteiger partial charge in [0.25, 0.3) is 0 Å². The molecule has 0 bridgehead atoms. The van der Waals surface area contributed by atoms with E-state index in [4.69, 9.17) is 11.1 Å². The van der Waals surface area contributed by atoms with Crippen LogP contribution in [0.3, 0.4) is 0 Å². The van der Waals surface area contributed by atoms with Crippen LogP contribution < -0.4 is 11.1 Å². The third-order valence-electron chi connectivity index (χ3n) is 1.85. The summed E-state index contributed by atoms with van der Waals surface area (Å²) in [5, 5.41) is 9.14. The molecule has 0 heterocycles. The monoisotopic (exact) mass is 223 g/mol. The van der Waals surface area contributed by atoms with Crippen LogP contribution in [0.5, 0.6) is 0 Å². The van der Waals surface area contributed by atoms with E-state index in [1.807, 2.05) is 24.3 Å². The minimum Gasteiger partial charge on any atom is -0.326 e. The number of hydrogen-bond donors (Lipinski definition) is 4. The second-order valence-electron chi connectivity index (χ2n) is 3.10. The lowest BCUT2D eigenvalue weighted by molar-refractivity contribution is -0.119. The van der Waals surface area contributed by atoms with Crippen molar-refractivity contribution < 1.29 is 4.79 Å². The highest BCUT2D eigenvalue weighted by molar-refractivity contribution is 7.96. The van der Waals surface area contributed by atoms with Crippen molar-refractivity contribution in [2.45, 2.75) is 13.0 Å². The van der Waals surface area contributed by atoms with Crippen molar-refractivity contribution in [1.82, 2.24) is 5.32 Å². The largest absolute Gasteiger partial charge is 0.326 e. The number of thiol groups is 1. The van der Waals surface area contributed by atoms with E-state index in [1.54, 1.807) is 0 Å². The molecule has 0 aliphatic rings. The van der Waals surface area contributed by atoms with Crippen LogP contribution in [0.2, 0.25) is 0 Å². The van der Waals surface area contributed by atoms with Gasteiger partial charge in [-0.3, -0.25) is 10.2 Å². The van der Waals surface area contributed by atoms with E-state index in [1.165, 1.54) is 0 Å². The number of carbonyl (C=O) groups is 1. The minimum atomic E-state index is -0.246. The summed E-state index contributed by atoms with van der Waals surface area (Å²) in [4.78, 5) is 11.3. The fourth-order valence-corrected chi connectivity index (χ4v) is 1.35. The Kier molecular flexibility index (Phi) is 4.33. The van der Waals surface area contributed by atoms with Crippen LogP contribution in [-0.2, 0) is 17.8 Å². The number of carbonyl (C=O) groups excluding carboxylic acids is 1. The average Bonchev–Trinajstić information content (AvgIpc) is 2.16. The summed E-state index contributed by atoms with van der Waals surface area (Å²) >= 11 is 3.67. The summed E-state index contributed by atoms with van der Waals surface area (Å²) in [5.41, 5.74) is 7.35. The number of benzene rings is 1.